The second kappa shape index (κ2) is 10.5. The average molecular weight is 533 g/mol. The van der Waals surface area contributed by atoms with Crippen LogP contribution in [0.25, 0.3) is 0 Å². The van der Waals surface area contributed by atoms with Crippen molar-refractivity contribution < 1.29 is 9.53 Å². The van der Waals surface area contributed by atoms with E-state index >= 15 is 0 Å². The molecule has 1 saturated carbocycles. The van der Waals surface area contributed by atoms with Crippen LogP contribution >= 0.6 is 22.9 Å². The van der Waals surface area contributed by atoms with Gasteiger partial charge in [0.1, 0.15) is 0 Å². The van der Waals surface area contributed by atoms with E-state index in [1.807, 2.05) is 7.11 Å². The van der Waals surface area contributed by atoms with Crippen LogP contribution in [-0.4, -0.2) is 72.2 Å². The molecule has 3 aliphatic rings. The number of methoxy groups -OCH3 is 1. The Morgan fingerprint density at radius 3 is 2.56 bits per heavy atom. The molecule has 1 amide bonds. The van der Waals surface area contributed by atoms with Crippen LogP contribution in [0.3, 0.4) is 0 Å². The van der Waals surface area contributed by atoms with Gasteiger partial charge in [-0.1, -0.05) is 11.6 Å². The largest absolute Gasteiger partial charge is 0.379 e. The molecule has 36 heavy (non-hydrogen) atoms. The lowest BCUT2D eigenvalue weighted by atomic mass is 9.87. The molecular weight excluding hydrogens is 496 g/mol. The number of hydrogen-bond donors (Lipinski definition) is 1. The normalized spacial score (nSPS) is 23.0. The van der Waals surface area contributed by atoms with E-state index in [0.29, 0.717) is 35.3 Å². The molecule has 1 saturated heterocycles. The van der Waals surface area contributed by atoms with Gasteiger partial charge in [-0.15, -0.1) is 11.3 Å². The standard InChI is InChI=1S/C27H37ClN4O3S/c1-5-32(19-8-6-18(7-9-19)31-13-20(14-31)35-4)27-17(3)24-23(36-27)10-11-30(26(24)34)15-21-22(28)12-16(2)29-25(21)33/h12,18-20H,5-11,13-15H2,1-4H3,(H,29,33)/t18-,19-. The summed E-state index contributed by atoms with van der Waals surface area (Å²) < 4.78 is 5.46. The van der Waals surface area contributed by atoms with Crippen LogP contribution in [0.15, 0.2) is 10.9 Å². The average Bonchev–Trinajstić information content (AvgIpc) is 3.15. The van der Waals surface area contributed by atoms with Crippen LogP contribution in [0, 0.1) is 13.8 Å². The number of amides is 1. The fourth-order valence-corrected chi connectivity index (χ4v) is 7.90. The second-order valence-corrected chi connectivity index (χ2v) is 12.0. The van der Waals surface area contributed by atoms with Gasteiger partial charge in [0.25, 0.3) is 11.5 Å². The molecule has 0 bridgehead atoms. The molecule has 5 rings (SSSR count). The second-order valence-electron chi connectivity index (χ2n) is 10.5. The van der Waals surface area contributed by atoms with Crippen molar-refractivity contribution in [1.82, 2.24) is 14.8 Å². The SMILES string of the molecule is CCN(c1sc2c(c1C)C(=O)N(Cc1c(Cl)cc(C)[nH]c1=O)CC2)[C@H]1CC[C@H](N2CC(OC)C2)CC1. The summed E-state index contributed by atoms with van der Waals surface area (Å²) in [7, 11) is 1.81. The summed E-state index contributed by atoms with van der Waals surface area (Å²) in [6, 6.07) is 2.94. The zero-order chi connectivity index (χ0) is 25.6. The Morgan fingerprint density at radius 2 is 1.92 bits per heavy atom. The van der Waals surface area contributed by atoms with Crippen molar-refractivity contribution in [2.24, 2.45) is 0 Å². The van der Waals surface area contributed by atoms with E-state index in [2.05, 4.69) is 28.6 Å². The number of fused-ring (bicyclic) bond motifs is 1. The van der Waals surface area contributed by atoms with Crippen LogP contribution in [0.5, 0.6) is 0 Å². The minimum Gasteiger partial charge on any atom is -0.379 e. The predicted octanol–water partition coefficient (Wildman–Crippen LogP) is 4.37. The Balaban J connectivity index is 1.30. The Kier molecular flexibility index (Phi) is 7.50. The number of ether oxygens (including phenoxy) is 1. The van der Waals surface area contributed by atoms with Gasteiger partial charge in [0.05, 0.1) is 33.8 Å². The third-order valence-corrected chi connectivity index (χ3v) is 10.0. The minimum atomic E-state index is -0.218. The van der Waals surface area contributed by atoms with Crippen LogP contribution in [0.1, 0.15) is 64.7 Å². The molecule has 0 spiro atoms. The highest BCUT2D eigenvalue weighted by Crippen LogP contribution is 2.42. The van der Waals surface area contributed by atoms with E-state index in [4.69, 9.17) is 16.3 Å². The first-order valence-corrected chi connectivity index (χ1v) is 14.3. The maximum atomic E-state index is 13.6. The Hall–Kier alpha value is -1.87. The maximum Gasteiger partial charge on any atom is 0.255 e. The number of aromatic amines is 1. The molecule has 196 valence electrons. The number of carbonyl (C=O) groups excluding carboxylic acids is 1. The van der Waals surface area contributed by atoms with Gasteiger partial charge < -0.3 is 19.5 Å². The smallest absolute Gasteiger partial charge is 0.255 e. The van der Waals surface area contributed by atoms with E-state index < -0.39 is 0 Å². The molecule has 0 atom stereocenters. The van der Waals surface area contributed by atoms with Gasteiger partial charge in [-0.25, -0.2) is 0 Å². The summed E-state index contributed by atoms with van der Waals surface area (Å²) in [4.78, 5) is 37.0. The molecule has 0 radical (unpaired) electrons. The van der Waals surface area contributed by atoms with E-state index in [0.717, 1.165) is 42.9 Å². The fourth-order valence-electron chi connectivity index (χ4n) is 6.17. The number of halogens is 1. The summed E-state index contributed by atoms with van der Waals surface area (Å²) >= 11 is 8.16. The van der Waals surface area contributed by atoms with Gasteiger partial charge >= 0.3 is 0 Å². The van der Waals surface area contributed by atoms with E-state index in [1.54, 1.807) is 29.2 Å². The first-order chi connectivity index (χ1) is 17.3. The number of hydrogen-bond acceptors (Lipinski definition) is 6. The van der Waals surface area contributed by atoms with Crippen molar-refractivity contribution in [2.45, 2.75) is 77.6 Å². The van der Waals surface area contributed by atoms with E-state index in [9.17, 15) is 9.59 Å². The zero-order valence-corrected chi connectivity index (χ0v) is 23.3. The number of pyridine rings is 1. The maximum absolute atomic E-state index is 13.6. The summed E-state index contributed by atoms with van der Waals surface area (Å²) in [5.74, 6) is 0.0116. The van der Waals surface area contributed by atoms with Gasteiger partial charge in [0.2, 0.25) is 0 Å². The highest BCUT2D eigenvalue weighted by Gasteiger charge is 2.37. The highest BCUT2D eigenvalue weighted by atomic mass is 35.5. The lowest BCUT2D eigenvalue weighted by Gasteiger charge is -2.47. The monoisotopic (exact) mass is 532 g/mol. The molecule has 2 fully saturated rings. The van der Waals surface area contributed by atoms with Crippen molar-refractivity contribution in [2.75, 3.05) is 38.2 Å². The number of thiophene rings is 1. The molecule has 9 heteroatoms. The van der Waals surface area contributed by atoms with Gasteiger partial charge in [0.15, 0.2) is 0 Å². The number of nitrogens with one attached hydrogen (secondary N) is 1. The summed E-state index contributed by atoms with van der Waals surface area (Å²) in [6.45, 7) is 10.0. The molecule has 2 aliphatic heterocycles. The first kappa shape index (κ1) is 25.8. The quantitative estimate of drug-likeness (QED) is 0.573. The van der Waals surface area contributed by atoms with Crippen LogP contribution in [-0.2, 0) is 17.7 Å². The minimum absolute atomic E-state index is 0.0116. The molecular formula is C27H37ClN4O3S. The number of H-pyrrole nitrogens is 1. The molecule has 2 aromatic heterocycles. The summed E-state index contributed by atoms with van der Waals surface area (Å²) in [6.07, 6.45) is 6.04. The van der Waals surface area contributed by atoms with E-state index in [-0.39, 0.29) is 18.0 Å². The number of likely N-dealkylation sites (tertiary alicyclic amines) is 1. The lowest BCUT2D eigenvalue weighted by molar-refractivity contribution is -0.0578. The van der Waals surface area contributed by atoms with Crippen molar-refractivity contribution in [3.05, 3.63) is 48.7 Å². The Morgan fingerprint density at radius 1 is 1.19 bits per heavy atom. The molecule has 4 heterocycles. The Labute approximate surface area is 222 Å². The molecule has 0 unspecified atom stereocenters. The van der Waals surface area contributed by atoms with Gasteiger partial charge in [-0.2, -0.15) is 0 Å². The number of aryl methyl sites for hydroxylation is 1. The van der Waals surface area contributed by atoms with Crippen LogP contribution < -0.4 is 10.5 Å². The van der Waals surface area contributed by atoms with E-state index in [1.165, 1.54) is 35.6 Å². The zero-order valence-electron chi connectivity index (χ0n) is 21.7. The summed E-state index contributed by atoms with van der Waals surface area (Å²) in [5.41, 5.74) is 2.88. The molecule has 1 aliphatic carbocycles. The van der Waals surface area contributed by atoms with Crippen molar-refractivity contribution >= 4 is 33.8 Å². The number of anilines is 1. The van der Waals surface area contributed by atoms with Gasteiger partial charge in [-0.05, 0) is 58.1 Å². The number of nitrogens with zero attached hydrogens (tertiary/aromatic N) is 3. The Bertz CT molecular complexity index is 1180. The number of rotatable bonds is 7. The topological polar surface area (TPSA) is 68.9 Å². The van der Waals surface area contributed by atoms with Gasteiger partial charge in [0, 0.05) is 62.4 Å². The van der Waals surface area contributed by atoms with Crippen molar-refractivity contribution in [3.8, 4) is 0 Å². The van der Waals surface area contributed by atoms with Crippen LogP contribution in [0.4, 0.5) is 5.00 Å². The lowest BCUT2D eigenvalue weighted by Crippen LogP contribution is -2.57. The molecule has 2 aromatic rings. The molecule has 7 nitrogen and oxygen atoms in total. The number of aromatic nitrogens is 1. The third kappa shape index (κ3) is 4.73. The van der Waals surface area contributed by atoms with Gasteiger partial charge in [-0.3, -0.25) is 14.5 Å². The fraction of sp³-hybridized carbons (Fsp3) is 0.630. The first-order valence-electron chi connectivity index (χ1n) is 13.1. The molecule has 1 N–H and O–H groups in total. The predicted molar refractivity (Wildman–Crippen MR) is 146 cm³/mol. The third-order valence-electron chi connectivity index (χ3n) is 8.30. The number of carbonyl (C=O) groups is 1. The summed E-state index contributed by atoms with van der Waals surface area (Å²) in [5, 5.41) is 1.66. The van der Waals surface area contributed by atoms with Crippen molar-refractivity contribution in [3.63, 3.8) is 0 Å². The highest BCUT2D eigenvalue weighted by molar-refractivity contribution is 7.16. The van der Waals surface area contributed by atoms with Crippen LogP contribution in [0.2, 0.25) is 5.02 Å². The molecule has 0 aromatic carbocycles. The van der Waals surface area contributed by atoms with Crippen molar-refractivity contribution in [1.29, 1.82) is 0 Å².